The van der Waals surface area contributed by atoms with E-state index in [0.29, 0.717) is 33.4 Å². The third-order valence-corrected chi connectivity index (χ3v) is 6.75. The Morgan fingerprint density at radius 3 is 2.35 bits per heavy atom. The number of hydrogen-bond acceptors (Lipinski definition) is 7. The maximum absolute atomic E-state index is 13.4. The SMILES string of the molecule is CCOC(=O)c1ccc(NC(=O)CN2C(=O)/C(=C3\SC(=S)N(CC)C3=O)c3ccccc32)cc1. The van der Waals surface area contributed by atoms with Gasteiger partial charge in [0.1, 0.15) is 10.9 Å². The van der Waals surface area contributed by atoms with Gasteiger partial charge in [-0.1, -0.05) is 42.2 Å². The number of nitrogens with zero attached hydrogens (tertiary/aromatic N) is 2. The smallest absolute Gasteiger partial charge is 0.338 e. The second-order valence-corrected chi connectivity index (χ2v) is 9.02. The Bertz CT molecular complexity index is 1240. The summed E-state index contributed by atoms with van der Waals surface area (Å²) in [6.07, 6.45) is 0. The lowest BCUT2D eigenvalue weighted by Gasteiger charge is -2.17. The molecule has 4 rings (SSSR count). The summed E-state index contributed by atoms with van der Waals surface area (Å²) in [5.41, 5.74) is 2.25. The molecule has 1 N–H and O–H groups in total. The number of hydrogen-bond donors (Lipinski definition) is 1. The van der Waals surface area contributed by atoms with Gasteiger partial charge in [0.05, 0.1) is 28.3 Å². The Labute approximate surface area is 205 Å². The molecular weight excluding hydrogens is 474 g/mol. The maximum Gasteiger partial charge on any atom is 0.338 e. The van der Waals surface area contributed by atoms with E-state index in [-0.39, 0.29) is 29.5 Å². The molecule has 0 bridgehead atoms. The number of anilines is 2. The van der Waals surface area contributed by atoms with Crippen molar-refractivity contribution in [3.8, 4) is 0 Å². The number of thioether (sulfide) groups is 1. The Morgan fingerprint density at radius 2 is 1.71 bits per heavy atom. The largest absolute Gasteiger partial charge is 0.462 e. The monoisotopic (exact) mass is 495 g/mol. The fourth-order valence-corrected chi connectivity index (χ4v) is 5.18. The molecule has 2 aromatic carbocycles. The van der Waals surface area contributed by atoms with Gasteiger partial charge in [-0.3, -0.25) is 24.2 Å². The lowest BCUT2D eigenvalue weighted by atomic mass is 10.1. The highest BCUT2D eigenvalue weighted by Gasteiger charge is 2.41. The van der Waals surface area contributed by atoms with Gasteiger partial charge in [-0.05, 0) is 44.2 Å². The van der Waals surface area contributed by atoms with Gasteiger partial charge in [0.2, 0.25) is 5.91 Å². The van der Waals surface area contributed by atoms with Crippen LogP contribution in [0.15, 0.2) is 53.4 Å². The molecule has 2 aliphatic rings. The van der Waals surface area contributed by atoms with Crippen molar-refractivity contribution in [2.75, 3.05) is 29.9 Å². The van der Waals surface area contributed by atoms with Gasteiger partial charge < -0.3 is 10.1 Å². The molecule has 0 aliphatic carbocycles. The average molecular weight is 496 g/mol. The van der Waals surface area contributed by atoms with Gasteiger partial charge in [0.15, 0.2) is 0 Å². The normalized spacial score (nSPS) is 17.3. The van der Waals surface area contributed by atoms with Crippen LogP contribution in [0.5, 0.6) is 0 Å². The first-order chi connectivity index (χ1) is 16.3. The van der Waals surface area contributed by atoms with Crippen molar-refractivity contribution in [3.05, 3.63) is 64.6 Å². The van der Waals surface area contributed by atoms with Gasteiger partial charge in [0.25, 0.3) is 11.8 Å². The summed E-state index contributed by atoms with van der Waals surface area (Å²) in [4.78, 5) is 53.9. The Morgan fingerprint density at radius 1 is 1.00 bits per heavy atom. The van der Waals surface area contributed by atoms with Gasteiger partial charge in [-0.2, -0.15) is 0 Å². The minimum Gasteiger partial charge on any atom is -0.462 e. The molecule has 174 valence electrons. The van der Waals surface area contributed by atoms with Crippen molar-refractivity contribution in [2.24, 2.45) is 0 Å². The predicted molar refractivity (Wildman–Crippen MR) is 134 cm³/mol. The highest BCUT2D eigenvalue weighted by Crippen LogP contribution is 2.44. The van der Waals surface area contributed by atoms with E-state index in [1.54, 1.807) is 55.5 Å². The summed E-state index contributed by atoms with van der Waals surface area (Å²) < 4.78 is 5.36. The number of ether oxygens (including phenoxy) is 1. The number of esters is 1. The molecule has 2 aliphatic heterocycles. The molecule has 0 spiro atoms. The van der Waals surface area contributed by atoms with E-state index in [1.165, 1.54) is 9.80 Å². The van der Waals surface area contributed by atoms with E-state index in [1.807, 2.05) is 6.92 Å². The molecule has 3 amide bonds. The highest BCUT2D eigenvalue weighted by molar-refractivity contribution is 8.26. The zero-order valence-corrected chi connectivity index (χ0v) is 20.1. The number of nitrogens with one attached hydrogen (secondary N) is 1. The minimum absolute atomic E-state index is 0.243. The van der Waals surface area contributed by atoms with E-state index in [2.05, 4.69) is 5.32 Å². The van der Waals surface area contributed by atoms with E-state index < -0.39 is 17.8 Å². The van der Waals surface area contributed by atoms with Gasteiger partial charge in [0, 0.05) is 17.8 Å². The summed E-state index contributed by atoms with van der Waals surface area (Å²) in [5.74, 6) is -1.59. The summed E-state index contributed by atoms with van der Waals surface area (Å²) in [6.45, 7) is 3.98. The minimum atomic E-state index is -0.444. The number of para-hydroxylation sites is 1. The molecule has 34 heavy (non-hydrogen) atoms. The first-order valence-electron chi connectivity index (χ1n) is 10.6. The molecular formula is C24H21N3O5S2. The number of thiocarbonyl (C=S) groups is 1. The molecule has 1 fully saturated rings. The Balaban J connectivity index is 1.55. The molecule has 0 radical (unpaired) electrons. The topological polar surface area (TPSA) is 96.0 Å². The first kappa shape index (κ1) is 23.7. The van der Waals surface area contributed by atoms with E-state index >= 15 is 0 Å². The van der Waals surface area contributed by atoms with Crippen LogP contribution in [-0.2, 0) is 19.1 Å². The number of amides is 3. The second-order valence-electron chi connectivity index (χ2n) is 7.38. The summed E-state index contributed by atoms with van der Waals surface area (Å²) in [5, 5.41) is 2.73. The first-order valence-corrected chi connectivity index (χ1v) is 11.8. The van der Waals surface area contributed by atoms with Gasteiger partial charge in [-0.15, -0.1) is 0 Å². The van der Waals surface area contributed by atoms with Crippen molar-refractivity contribution in [1.29, 1.82) is 0 Å². The average Bonchev–Trinajstić information content (AvgIpc) is 3.26. The molecule has 0 atom stereocenters. The van der Waals surface area contributed by atoms with Crippen LogP contribution in [0.2, 0.25) is 0 Å². The summed E-state index contributed by atoms with van der Waals surface area (Å²) >= 11 is 6.40. The zero-order chi connectivity index (χ0) is 24.4. The third kappa shape index (κ3) is 4.34. The molecule has 2 aromatic rings. The van der Waals surface area contributed by atoms with Crippen LogP contribution in [0.3, 0.4) is 0 Å². The number of likely N-dealkylation sites (N-methyl/N-ethyl adjacent to an activating group) is 1. The zero-order valence-electron chi connectivity index (χ0n) is 18.5. The molecule has 8 nitrogen and oxygen atoms in total. The fourth-order valence-electron chi connectivity index (χ4n) is 3.73. The summed E-state index contributed by atoms with van der Waals surface area (Å²) in [6, 6.07) is 13.3. The van der Waals surface area contributed by atoms with E-state index in [0.717, 1.165) is 11.8 Å². The quantitative estimate of drug-likeness (QED) is 0.373. The van der Waals surface area contributed by atoms with Crippen LogP contribution < -0.4 is 10.2 Å². The van der Waals surface area contributed by atoms with Crippen molar-refractivity contribution < 1.29 is 23.9 Å². The standard InChI is InChI=1S/C24H21N3O5S2/c1-3-26-22(30)20(34-24(26)33)19-16-7-5-6-8-17(16)27(21(19)29)13-18(28)25-15-11-9-14(10-12-15)23(31)32-4-2/h5-12H,3-4,13H2,1-2H3,(H,25,28)/b20-19-. The van der Waals surface area contributed by atoms with Crippen LogP contribution >= 0.6 is 24.0 Å². The van der Waals surface area contributed by atoms with Gasteiger partial charge in [-0.25, -0.2) is 4.79 Å². The summed E-state index contributed by atoms with van der Waals surface area (Å²) in [7, 11) is 0. The molecule has 0 aromatic heterocycles. The van der Waals surface area contributed by atoms with Crippen molar-refractivity contribution in [2.45, 2.75) is 13.8 Å². The van der Waals surface area contributed by atoms with Crippen LogP contribution in [0.4, 0.5) is 11.4 Å². The number of carbonyl (C=O) groups is 4. The van der Waals surface area contributed by atoms with Crippen LogP contribution in [0, 0.1) is 0 Å². The number of benzene rings is 2. The van der Waals surface area contributed by atoms with Crippen molar-refractivity contribution in [3.63, 3.8) is 0 Å². The Hall–Kier alpha value is -3.50. The number of fused-ring (bicyclic) bond motifs is 1. The molecule has 10 heteroatoms. The van der Waals surface area contributed by atoms with Crippen LogP contribution in [-0.4, -0.2) is 52.6 Å². The molecule has 2 heterocycles. The number of rotatable bonds is 6. The lowest BCUT2D eigenvalue weighted by Crippen LogP contribution is -2.35. The maximum atomic E-state index is 13.4. The highest BCUT2D eigenvalue weighted by atomic mass is 32.2. The fraction of sp³-hybridized carbons (Fsp3) is 0.208. The van der Waals surface area contributed by atoms with Crippen molar-refractivity contribution >= 4 is 68.9 Å². The lowest BCUT2D eigenvalue weighted by molar-refractivity contribution is -0.122. The van der Waals surface area contributed by atoms with E-state index in [4.69, 9.17) is 17.0 Å². The van der Waals surface area contributed by atoms with Crippen molar-refractivity contribution in [1.82, 2.24) is 4.90 Å². The van der Waals surface area contributed by atoms with Crippen LogP contribution in [0.25, 0.3) is 5.57 Å². The van der Waals surface area contributed by atoms with E-state index in [9.17, 15) is 19.2 Å². The molecule has 1 saturated heterocycles. The number of carbonyl (C=O) groups excluding carboxylic acids is 4. The predicted octanol–water partition coefficient (Wildman–Crippen LogP) is 3.44. The second kappa shape index (κ2) is 9.78. The Kier molecular flexibility index (Phi) is 6.80. The molecule has 0 unspecified atom stereocenters. The van der Waals surface area contributed by atoms with Gasteiger partial charge >= 0.3 is 5.97 Å². The third-order valence-electron chi connectivity index (χ3n) is 5.30. The molecule has 0 saturated carbocycles. The van der Waals surface area contributed by atoms with Crippen LogP contribution in [0.1, 0.15) is 29.8 Å².